The van der Waals surface area contributed by atoms with Gasteiger partial charge in [0.2, 0.25) is 5.88 Å². The molecule has 4 heterocycles. The maximum Gasteiger partial charge on any atom is 0.254 e. The molecule has 34 heavy (non-hydrogen) atoms. The van der Waals surface area contributed by atoms with Crippen LogP contribution in [0.15, 0.2) is 55.0 Å². The van der Waals surface area contributed by atoms with Crippen molar-refractivity contribution in [2.45, 2.75) is 25.7 Å². The van der Waals surface area contributed by atoms with E-state index < -0.39 is 0 Å². The van der Waals surface area contributed by atoms with E-state index in [2.05, 4.69) is 14.9 Å². The molecule has 0 aliphatic carbocycles. The molecule has 0 unspecified atom stereocenters. The summed E-state index contributed by atoms with van der Waals surface area (Å²) < 4.78 is 11.4. The topological polar surface area (TPSA) is 80.7 Å². The second kappa shape index (κ2) is 10.2. The van der Waals surface area contributed by atoms with Gasteiger partial charge >= 0.3 is 0 Å². The molecule has 8 nitrogen and oxygen atoms in total. The van der Waals surface area contributed by atoms with Crippen LogP contribution in [0.25, 0.3) is 0 Å². The van der Waals surface area contributed by atoms with Crippen molar-refractivity contribution in [2.75, 3.05) is 44.3 Å². The highest BCUT2D eigenvalue weighted by molar-refractivity contribution is 5.95. The van der Waals surface area contributed by atoms with Gasteiger partial charge in [-0.1, -0.05) is 12.1 Å². The minimum Gasteiger partial charge on any atom is -0.437 e. The number of pyridine rings is 1. The van der Waals surface area contributed by atoms with Gasteiger partial charge in [-0.25, -0.2) is 9.97 Å². The van der Waals surface area contributed by atoms with Gasteiger partial charge in [0.15, 0.2) is 0 Å². The summed E-state index contributed by atoms with van der Waals surface area (Å²) in [6.45, 7) is 6.30. The molecule has 0 spiro atoms. The zero-order chi connectivity index (χ0) is 23.3. The van der Waals surface area contributed by atoms with Crippen molar-refractivity contribution in [1.82, 2.24) is 19.9 Å². The molecule has 2 saturated heterocycles. The molecule has 0 radical (unpaired) electrons. The Labute approximate surface area is 199 Å². The smallest absolute Gasteiger partial charge is 0.254 e. The quantitative estimate of drug-likeness (QED) is 0.574. The minimum atomic E-state index is 0.0294. The number of hydrogen-bond donors (Lipinski definition) is 0. The predicted molar refractivity (Wildman–Crippen MR) is 128 cm³/mol. The maximum absolute atomic E-state index is 13.3. The van der Waals surface area contributed by atoms with Gasteiger partial charge in [0.05, 0.1) is 25.1 Å². The summed E-state index contributed by atoms with van der Waals surface area (Å²) in [6.07, 6.45) is 7.01. The number of ether oxygens (including phenoxy) is 2. The van der Waals surface area contributed by atoms with Crippen molar-refractivity contribution in [2.24, 2.45) is 0 Å². The summed E-state index contributed by atoms with van der Waals surface area (Å²) in [4.78, 5) is 31.0. The third kappa shape index (κ3) is 5.17. The van der Waals surface area contributed by atoms with E-state index in [1.165, 1.54) is 0 Å². The Balaban J connectivity index is 1.28. The van der Waals surface area contributed by atoms with Crippen molar-refractivity contribution in [3.05, 3.63) is 71.8 Å². The van der Waals surface area contributed by atoms with Crippen molar-refractivity contribution in [3.8, 4) is 11.6 Å². The molecule has 1 aromatic carbocycles. The summed E-state index contributed by atoms with van der Waals surface area (Å²) in [6, 6.07) is 11.5. The number of aromatic nitrogens is 3. The van der Waals surface area contributed by atoms with Crippen LogP contribution in [0.5, 0.6) is 11.6 Å². The Kier molecular flexibility index (Phi) is 6.67. The normalized spacial score (nSPS) is 18.6. The van der Waals surface area contributed by atoms with E-state index in [-0.39, 0.29) is 11.8 Å². The Morgan fingerprint density at radius 3 is 2.85 bits per heavy atom. The van der Waals surface area contributed by atoms with Gasteiger partial charge in [-0.15, -0.1) is 0 Å². The molecule has 0 saturated carbocycles. The number of rotatable bonds is 5. The number of aryl methyl sites for hydroxylation is 1. The number of hydrogen-bond acceptors (Lipinski definition) is 7. The van der Waals surface area contributed by atoms with Gasteiger partial charge in [-0.05, 0) is 49.6 Å². The fourth-order valence-electron chi connectivity index (χ4n) is 4.51. The first-order chi connectivity index (χ1) is 16.7. The minimum absolute atomic E-state index is 0.0294. The highest BCUT2D eigenvalue weighted by atomic mass is 16.5. The van der Waals surface area contributed by atoms with Crippen LogP contribution in [-0.4, -0.2) is 65.2 Å². The van der Waals surface area contributed by atoms with E-state index >= 15 is 0 Å². The zero-order valence-corrected chi connectivity index (χ0v) is 19.4. The molecule has 176 valence electrons. The average Bonchev–Trinajstić information content (AvgIpc) is 2.89. The fourth-order valence-corrected chi connectivity index (χ4v) is 4.51. The molecule has 2 aliphatic heterocycles. The summed E-state index contributed by atoms with van der Waals surface area (Å²) in [5.41, 5.74) is 2.64. The Morgan fingerprint density at radius 2 is 2.00 bits per heavy atom. The van der Waals surface area contributed by atoms with Gasteiger partial charge in [0.25, 0.3) is 5.91 Å². The Morgan fingerprint density at radius 1 is 1.12 bits per heavy atom. The molecule has 8 heteroatoms. The highest BCUT2D eigenvalue weighted by Gasteiger charge is 2.27. The number of amides is 1. The molecule has 5 rings (SSSR count). The van der Waals surface area contributed by atoms with Crippen LogP contribution < -0.4 is 9.64 Å². The number of carbonyl (C=O) groups is 1. The first-order valence-corrected chi connectivity index (χ1v) is 11.8. The lowest BCUT2D eigenvalue weighted by Crippen LogP contribution is -2.40. The van der Waals surface area contributed by atoms with Gasteiger partial charge in [-0.3, -0.25) is 9.78 Å². The van der Waals surface area contributed by atoms with Crippen LogP contribution in [0.1, 0.15) is 40.4 Å². The monoisotopic (exact) mass is 459 g/mol. The van der Waals surface area contributed by atoms with E-state index in [1.54, 1.807) is 24.7 Å². The molecule has 3 aromatic rings. The van der Waals surface area contributed by atoms with Crippen LogP contribution in [0.2, 0.25) is 0 Å². The van der Waals surface area contributed by atoms with Crippen molar-refractivity contribution < 1.29 is 14.3 Å². The van der Waals surface area contributed by atoms with Crippen LogP contribution in [0.4, 0.5) is 5.82 Å². The predicted octanol–water partition coefficient (Wildman–Crippen LogP) is 3.83. The number of nitrogens with zero attached hydrogens (tertiary/aromatic N) is 5. The molecule has 0 bridgehead atoms. The average molecular weight is 460 g/mol. The van der Waals surface area contributed by atoms with E-state index in [0.29, 0.717) is 31.2 Å². The van der Waals surface area contributed by atoms with E-state index in [0.717, 1.165) is 55.3 Å². The molecular weight excluding hydrogens is 430 g/mol. The number of piperidine rings is 1. The van der Waals surface area contributed by atoms with Crippen molar-refractivity contribution in [3.63, 3.8) is 0 Å². The van der Waals surface area contributed by atoms with E-state index in [1.807, 2.05) is 42.2 Å². The second-order valence-corrected chi connectivity index (χ2v) is 8.79. The standard InChI is InChI=1S/C26H29N5O3/c1-19-4-2-6-22(14-19)34-25-17-27-16-23(29-25)21-5-3-9-31(18-21)26(32)20-7-8-28-24(15-20)30-10-12-33-13-11-30/h2,4,6-8,14-17,21H,3,5,9-13,18H2,1H3/t21-/m1/s1. The Hall–Kier alpha value is -3.52. The van der Waals surface area contributed by atoms with Gasteiger partial charge < -0.3 is 19.3 Å². The highest BCUT2D eigenvalue weighted by Crippen LogP contribution is 2.29. The van der Waals surface area contributed by atoms with Gasteiger partial charge in [0.1, 0.15) is 11.6 Å². The molecular formula is C26H29N5O3. The van der Waals surface area contributed by atoms with Gasteiger partial charge in [0, 0.05) is 50.1 Å². The molecule has 2 aromatic heterocycles. The lowest BCUT2D eigenvalue weighted by atomic mass is 9.94. The summed E-state index contributed by atoms with van der Waals surface area (Å²) in [5.74, 6) is 2.18. The SMILES string of the molecule is Cc1cccc(Oc2cncc([C@@H]3CCCN(C(=O)c4ccnc(N5CCOCC5)c4)C3)n2)c1. The lowest BCUT2D eigenvalue weighted by Gasteiger charge is -2.33. The van der Waals surface area contributed by atoms with Crippen LogP contribution >= 0.6 is 0 Å². The lowest BCUT2D eigenvalue weighted by molar-refractivity contribution is 0.0705. The van der Waals surface area contributed by atoms with Crippen LogP contribution in [-0.2, 0) is 4.74 Å². The summed E-state index contributed by atoms with van der Waals surface area (Å²) in [7, 11) is 0. The largest absolute Gasteiger partial charge is 0.437 e. The number of benzene rings is 1. The zero-order valence-electron chi connectivity index (χ0n) is 19.4. The first kappa shape index (κ1) is 22.3. The fraction of sp³-hybridized carbons (Fsp3) is 0.385. The third-order valence-electron chi connectivity index (χ3n) is 6.30. The summed E-state index contributed by atoms with van der Waals surface area (Å²) >= 11 is 0. The second-order valence-electron chi connectivity index (χ2n) is 8.79. The summed E-state index contributed by atoms with van der Waals surface area (Å²) in [5, 5.41) is 0. The molecule has 0 N–H and O–H groups in total. The number of morpholine rings is 1. The molecule has 1 amide bonds. The molecule has 1 atom stereocenters. The maximum atomic E-state index is 13.3. The molecule has 2 aliphatic rings. The van der Waals surface area contributed by atoms with E-state index in [9.17, 15) is 4.79 Å². The number of anilines is 1. The van der Waals surface area contributed by atoms with E-state index in [4.69, 9.17) is 14.5 Å². The number of likely N-dealkylation sites (tertiary alicyclic amines) is 1. The first-order valence-electron chi connectivity index (χ1n) is 11.8. The Bertz CT molecular complexity index is 1150. The third-order valence-corrected chi connectivity index (χ3v) is 6.30. The number of carbonyl (C=O) groups excluding carboxylic acids is 1. The van der Waals surface area contributed by atoms with Crippen LogP contribution in [0, 0.1) is 6.92 Å². The van der Waals surface area contributed by atoms with Crippen molar-refractivity contribution >= 4 is 11.7 Å². The van der Waals surface area contributed by atoms with Crippen LogP contribution in [0.3, 0.4) is 0 Å². The van der Waals surface area contributed by atoms with Crippen molar-refractivity contribution in [1.29, 1.82) is 0 Å². The molecule has 2 fully saturated rings. The van der Waals surface area contributed by atoms with Gasteiger partial charge in [-0.2, -0.15) is 0 Å².